The molecular weight excluding hydrogens is 370 g/mol. The maximum absolute atomic E-state index is 13.1. The average Bonchev–Trinajstić information content (AvgIpc) is 2.97. The number of ether oxygens (including phenoxy) is 1. The van der Waals surface area contributed by atoms with E-state index in [-0.39, 0.29) is 6.61 Å². The van der Waals surface area contributed by atoms with Gasteiger partial charge in [-0.2, -0.15) is 5.26 Å². The van der Waals surface area contributed by atoms with E-state index in [2.05, 4.69) is 5.32 Å². The Hall–Kier alpha value is -3.66. The fourth-order valence-corrected chi connectivity index (χ4v) is 3.97. The van der Waals surface area contributed by atoms with Gasteiger partial charge in [0, 0.05) is 0 Å². The zero-order valence-corrected chi connectivity index (χ0v) is 15.7. The molecule has 0 saturated carbocycles. The molecule has 1 aliphatic heterocycles. The number of nitrogens with one attached hydrogen (secondary N) is 1. The second kappa shape index (κ2) is 7.40. The number of rotatable bonds is 4. The molecule has 7 heteroatoms. The molecule has 7 nitrogen and oxygen atoms in total. The molecule has 2 aliphatic rings. The van der Waals surface area contributed by atoms with Gasteiger partial charge < -0.3 is 10.1 Å². The summed E-state index contributed by atoms with van der Waals surface area (Å²) >= 11 is 0. The van der Waals surface area contributed by atoms with Crippen LogP contribution in [-0.2, 0) is 32.9 Å². The quantitative estimate of drug-likeness (QED) is 0.639. The molecule has 1 heterocycles. The number of amides is 3. The second-order valence-electron chi connectivity index (χ2n) is 7.21. The molecule has 3 amide bonds. The lowest BCUT2D eigenvalue weighted by Gasteiger charge is -2.33. The van der Waals surface area contributed by atoms with Crippen molar-refractivity contribution in [2.24, 2.45) is 0 Å². The molecule has 1 N–H and O–H groups in total. The Morgan fingerprint density at radius 3 is 2.69 bits per heavy atom. The Morgan fingerprint density at radius 1 is 1.17 bits per heavy atom. The molecule has 2 aromatic carbocycles. The number of carbonyl (C=O) groups excluding carboxylic acids is 3. The van der Waals surface area contributed by atoms with Gasteiger partial charge in [0.05, 0.1) is 11.6 Å². The molecule has 29 heavy (non-hydrogen) atoms. The molecule has 4 rings (SSSR count). The van der Waals surface area contributed by atoms with Crippen LogP contribution in [0.2, 0.25) is 0 Å². The van der Waals surface area contributed by atoms with Crippen molar-refractivity contribution < 1.29 is 19.1 Å². The number of aryl methyl sites for hydroxylation is 1. The lowest BCUT2D eigenvalue weighted by atomic mass is 9.76. The highest BCUT2D eigenvalue weighted by Gasteiger charge is 2.54. The number of hydrogen-bond acceptors (Lipinski definition) is 5. The first kappa shape index (κ1) is 18.7. The fraction of sp³-hybridized carbons (Fsp3) is 0.273. The standard InChI is InChI=1S/C22H19N3O4/c23-12-15-7-9-16(10-8-15)14-29-19(26)13-25-20(27)22(24-21(25)28)11-3-5-17-4-1-2-6-18(17)22/h1-2,4,6-10H,3,5,11,13-14H2,(H,24,28). The summed E-state index contributed by atoms with van der Waals surface area (Å²) in [5.41, 5.74) is 1.97. The highest BCUT2D eigenvalue weighted by molar-refractivity contribution is 6.09. The van der Waals surface area contributed by atoms with E-state index in [4.69, 9.17) is 10.00 Å². The van der Waals surface area contributed by atoms with Gasteiger partial charge in [-0.25, -0.2) is 4.79 Å². The number of nitrogens with zero attached hydrogens (tertiary/aromatic N) is 2. The third kappa shape index (κ3) is 3.34. The SMILES string of the molecule is N#Cc1ccc(COC(=O)CN2C(=O)NC3(CCCc4ccccc43)C2=O)cc1. The smallest absolute Gasteiger partial charge is 0.326 e. The van der Waals surface area contributed by atoms with E-state index in [0.29, 0.717) is 17.5 Å². The van der Waals surface area contributed by atoms with Crippen molar-refractivity contribution in [1.82, 2.24) is 10.2 Å². The van der Waals surface area contributed by atoms with Crippen molar-refractivity contribution in [3.63, 3.8) is 0 Å². The summed E-state index contributed by atoms with van der Waals surface area (Å²) in [5.74, 6) is -1.08. The normalized spacial score (nSPS) is 20.2. The summed E-state index contributed by atoms with van der Waals surface area (Å²) in [6.07, 6.45) is 2.14. The Labute approximate surface area is 167 Å². The summed E-state index contributed by atoms with van der Waals surface area (Å²) in [6, 6.07) is 15.7. The van der Waals surface area contributed by atoms with Crippen molar-refractivity contribution >= 4 is 17.9 Å². The van der Waals surface area contributed by atoms with Gasteiger partial charge >= 0.3 is 12.0 Å². The van der Waals surface area contributed by atoms with Gasteiger partial charge in [0.15, 0.2) is 0 Å². The average molecular weight is 389 g/mol. The van der Waals surface area contributed by atoms with Crippen LogP contribution in [0.4, 0.5) is 4.79 Å². The minimum atomic E-state index is -1.10. The Balaban J connectivity index is 1.45. The minimum Gasteiger partial charge on any atom is -0.459 e. The number of imide groups is 1. The number of carbonyl (C=O) groups is 3. The number of fused-ring (bicyclic) bond motifs is 2. The topological polar surface area (TPSA) is 99.5 Å². The van der Waals surface area contributed by atoms with Gasteiger partial charge in [0.2, 0.25) is 0 Å². The lowest BCUT2D eigenvalue weighted by Crippen LogP contribution is -2.46. The van der Waals surface area contributed by atoms with Crippen LogP contribution in [-0.4, -0.2) is 29.4 Å². The molecule has 2 aromatic rings. The monoisotopic (exact) mass is 389 g/mol. The van der Waals surface area contributed by atoms with Gasteiger partial charge in [-0.15, -0.1) is 0 Å². The first-order valence-electron chi connectivity index (χ1n) is 9.41. The van der Waals surface area contributed by atoms with Gasteiger partial charge in [-0.3, -0.25) is 14.5 Å². The van der Waals surface area contributed by atoms with Gasteiger partial charge in [-0.05, 0) is 48.1 Å². The van der Waals surface area contributed by atoms with Crippen LogP contribution in [0.25, 0.3) is 0 Å². The van der Waals surface area contributed by atoms with Gasteiger partial charge in [0.25, 0.3) is 5.91 Å². The zero-order valence-electron chi connectivity index (χ0n) is 15.7. The van der Waals surface area contributed by atoms with E-state index < -0.39 is 30.0 Å². The molecule has 1 unspecified atom stereocenters. The summed E-state index contributed by atoms with van der Waals surface area (Å²) < 4.78 is 5.21. The molecule has 0 bridgehead atoms. The second-order valence-corrected chi connectivity index (χ2v) is 7.21. The van der Waals surface area contributed by atoms with Crippen LogP contribution >= 0.6 is 0 Å². The largest absolute Gasteiger partial charge is 0.459 e. The summed E-state index contributed by atoms with van der Waals surface area (Å²) in [6.45, 7) is -0.437. The molecule has 0 aromatic heterocycles. The number of esters is 1. The Bertz CT molecular complexity index is 1030. The van der Waals surface area contributed by atoms with Crippen LogP contribution < -0.4 is 5.32 Å². The van der Waals surface area contributed by atoms with E-state index in [9.17, 15) is 14.4 Å². The molecule has 1 spiro atoms. The van der Waals surface area contributed by atoms with Crippen LogP contribution in [0.1, 0.15) is 35.1 Å². The summed E-state index contributed by atoms with van der Waals surface area (Å²) in [5, 5.41) is 11.6. The van der Waals surface area contributed by atoms with Crippen LogP contribution in [0.3, 0.4) is 0 Å². The zero-order chi connectivity index (χ0) is 20.4. The van der Waals surface area contributed by atoms with Crippen molar-refractivity contribution in [3.05, 3.63) is 70.8 Å². The fourth-order valence-electron chi connectivity index (χ4n) is 3.97. The number of nitriles is 1. The third-order valence-corrected chi connectivity index (χ3v) is 5.42. The number of hydrogen-bond donors (Lipinski definition) is 1. The molecule has 146 valence electrons. The molecule has 1 saturated heterocycles. The van der Waals surface area contributed by atoms with Crippen LogP contribution in [0.15, 0.2) is 48.5 Å². The van der Waals surface area contributed by atoms with Gasteiger partial charge in [0.1, 0.15) is 18.7 Å². The third-order valence-electron chi connectivity index (χ3n) is 5.42. The predicted molar refractivity (Wildman–Crippen MR) is 102 cm³/mol. The summed E-state index contributed by atoms with van der Waals surface area (Å²) in [4.78, 5) is 38.8. The maximum atomic E-state index is 13.1. The van der Waals surface area contributed by atoms with E-state index in [1.165, 1.54) is 0 Å². The van der Waals surface area contributed by atoms with E-state index >= 15 is 0 Å². The van der Waals surface area contributed by atoms with E-state index in [1.807, 2.05) is 30.3 Å². The number of urea groups is 1. The van der Waals surface area contributed by atoms with Crippen LogP contribution in [0.5, 0.6) is 0 Å². The molecule has 1 aliphatic carbocycles. The molecule has 1 atom stereocenters. The first-order valence-corrected chi connectivity index (χ1v) is 9.41. The van der Waals surface area contributed by atoms with Crippen molar-refractivity contribution in [3.8, 4) is 6.07 Å². The first-order chi connectivity index (χ1) is 14.0. The highest BCUT2D eigenvalue weighted by Crippen LogP contribution is 2.39. The molecule has 0 radical (unpaired) electrons. The molecule has 1 fully saturated rings. The van der Waals surface area contributed by atoms with Crippen molar-refractivity contribution in [1.29, 1.82) is 5.26 Å². The Kier molecular flexibility index (Phi) is 4.77. The number of benzene rings is 2. The maximum Gasteiger partial charge on any atom is 0.326 e. The van der Waals surface area contributed by atoms with Gasteiger partial charge in [-0.1, -0.05) is 36.4 Å². The summed E-state index contributed by atoms with van der Waals surface area (Å²) in [7, 11) is 0. The van der Waals surface area contributed by atoms with Crippen molar-refractivity contribution in [2.45, 2.75) is 31.4 Å². The van der Waals surface area contributed by atoms with Crippen molar-refractivity contribution in [2.75, 3.05) is 6.54 Å². The van der Waals surface area contributed by atoms with Crippen LogP contribution in [0, 0.1) is 11.3 Å². The minimum absolute atomic E-state index is 0.00215. The van der Waals surface area contributed by atoms with E-state index in [1.54, 1.807) is 24.3 Å². The van der Waals surface area contributed by atoms with E-state index in [0.717, 1.165) is 28.9 Å². The highest BCUT2D eigenvalue weighted by atomic mass is 16.5. The predicted octanol–water partition coefficient (Wildman–Crippen LogP) is 2.39. The Morgan fingerprint density at radius 2 is 1.93 bits per heavy atom. The molecular formula is C22H19N3O4. The lowest BCUT2D eigenvalue weighted by molar-refractivity contribution is -0.149.